The zero-order chi connectivity index (χ0) is 22.6. The minimum absolute atomic E-state index is 0.104. The summed E-state index contributed by atoms with van der Waals surface area (Å²) in [4.78, 5) is 31.0. The summed E-state index contributed by atoms with van der Waals surface area (Å²) in [6, 6.07) is 3.67. The first-order chi connectivity index (χ1) is 14.7. The van der Waals surface area contributed by atoms with Crippen LogP contribution in [-0.2, 0) is 11.3 Å². The van der Waals surface area contributed by atoms with Crippen molar-refractivity contribution in [2.24, 2.45) is 0 Å². The van der Waals surface area contributed by atoms with Crippen LogP contribution in [0.1, 0.15) is 33.6 Å². The third kappa shape index (κ3) is 5.88. The molecule has 31 heavy (non-hydrogen) atoms. The van der Waals surface area contributed by atoms with Gasteiger partial charge in [0.05, 0.1) is 31.4 Å². The predicted octanol–water partition coefficient (Wildman–Crippen LogP) is 2.40. The smallest absolute Gasteiger partial charge is 0.407 e. The molecule has 0 radical (unpaired) electrons. The minimum atomic E-state index is -0.502. The van der Waals surface area contributed by atoms with Gasteiger partial charge in [0.25, 0.3) is 5.56 Å². The van der Waals surface area contributed by atoms with E-state index in [1.807, 2.05) is 20.8 Å². The van der Waals surface area contributed by atoms with E-state index in [1.54, 1.807) is 30.9 Å². The summed E-state index contributed by atoms with van der Waals surface area (Å²) in [6.07, 6.45) is 2.66. The Morgan fingerprint density at radius 3 is 2.39 bits per heavy atom. The van der Waals surface area contributed by atoms with Crippen LogP contribution < -0.4 is 20.3 Å². The molecule has 2 heterocycles. The Morgan fingerprint density at radius 1 is 1.13 bits per heavy atom. The number of amides is 1. The lowest BCUT2D eigenvalue weighted by Crippen LogP contribution is -2.46. The molecule has 2 aromatic rings. The Morgan fingerprint density at radius 2 is 1.77 bits per heavy atom. The Balaban J connectivity index is 1.61. The van der Waals surface area contributed by atoms with E-state index in [0.717, 1.165) is 32.5 Å². The van der Waals surface area contributed by atoms with E-state index in [1.165, 1.54) is 6.20 Å². The van der Waals surface area contributed by atoms with Crippen molar-refractivity contribution in [2.75, 3.05) is 33.9 Å². The number of likely N-dealkylation sites (tertiary alicyclic amines) is 1. The largest absolute Gasteiger partial charge is 0.493 e. The second-order valence-corrected chi connectivity index (χ2v) is 8.71. The second kappa shape index (κ2) is 9.55. The van der Waals surface area contributed by atoms with Crippen LogP contribution in [0.3, 0.4) is 0 Å². The summed E-state index contributed by atoms with van der Waals surface area (Å²) >= 11 is 0. The molecular formula is C22H32N4O5. The Bertz CT molecular complexity index is 974. The Hall–Kier alpha value is -2.81. The van der Waals surface area contributed by atoms with Crippen molar-refractivity contribution in [3.05, 3.63) is 28.7 Å². The van der Waals surface area contributed by atoms with Crippen LogP contribution in [0, 0.1) is 0 Å². The van der Waals surface area contributed by atoms with Crippen molar-refractivity contribution < 1.29 is 19.0 Å². The molecule has 0 atom stereocenters. The van der Waals surface area contributed by atoms with Gasteiger partial charge in [-0.05, 0) is 33.6 Å². The molecule has 0 aliphatic carbocycles. The first-order valence-corrected chi connectivity index (χ1v) is 10.5. The van der Waals surface area contributed by atoms with Crippen molar-refractivity contribution in [3.63, 3.8) is 0 Å². The van der Waals surface area contributed by atoms with Gasteiger partial charge in [-0.3, -0.25) is 4.79 Å². The number of nitrogens with one attached hydrogen (secondary N) is 1. The van der Waals surface area contributed by atoms with Crippen LogP contribution in [0.4, 0.5) is 4.79 Å². The Kier molecular flexibility index (Phi) is 7.04. The molecule has 1 aliphatic rings. The van der Waals surface area contributed by atoms with E-state index in [9.17, 15) is 9.59 Å². The molecule has 9 heteroatoms. The first kappa shape index (κ1) is 22.9. The van der Waals surface area contributed by atoms with Gasteiger partial charge in [-0.25, -0.2) is 9.78 Å². The minimum Gasteiger partial charge on any atom is -0.493 e. The van der Waals surface area contributed by atoms with Crippen LogP contribution in [0.25, 0.3) is 11.0 Å². The average molecular weight is 433 g/mol. The third-order valence-corrected chi connectivity index (χ3v) is 5.30. The van der Waals surface area contributed by atoms with Gasteiger partial charge in [-0.15, -0.1) is 0 Å². The summed E-state index contributed by atoms with van der Waals surface area (Å²) < 4.78 is 17.8. The van der Waals surface area contributed by atoms with Crippen molar-refractivity contribution in [3.8, 4) is 11.5 Å². The van der Waals surface area contributed by atoms with Crippen LogP contribution in [0.5, 0.6) is 11.5 Å². The number of benzene rings is 1. The summed E-state index contributed by atoms with van der Waals surface area (Å²) in [6.45, 7) is 8.51. The third-order valence-electron chi connectivity index (χ3n) is 5.30. The number of hydrogen-bond acceptors (Lipinski definition) is 7. The highest BCUT2D eigenvalue weighted by Gasteiger charge is 2.23. The molecule has 0 spiro atoms. The lowest BCUT2D eigenvalue weighted by Gasteiger charge is -2.33. The number of nitrogens with zero attached hydrogens (tertiary/aromatic N) is 3. The van der Waals surface area contributed by atoms with Crippen LogP contribution in [-0.4, -0.2) is 66.0 Å². The number of rotatable bonds is 6. The van der Waals surface area contributed by atoms with E-state index in [4.69, 9.17) is 14.2 Å². The molecule has 1 fully saturated rings. The maximum Gasteiger partial charge on any atom is 0.407 e. The molecule has 0 unspecified atom stereocenters. The predicted molar refractivity (Wildman–Crippen MR) is 118 cm³/mol. The van der Waals surface area contributed by atoms with Gasteiger partial charge in [0, 0.05) is 44.4 Å². The molecule has 1 aliphatic heterocycles. The van der Waals surface area contributed by atoms with Crippen LogP contribution >= 0.6 is 0 Å². The molecule has 1 N–H and O–H groups in total. The molecule has 1 aromatic carbocycles. The molecule has 1 saturated heterocycles. The maximum absolute atomic E-state index is 12.5. The van der Waals surface area contributed by atoms with Crippen molar-refractivity contribution >= 4 is 17.1 Å². The lowest BCUT2D eigenvalue weighted by molar-refractivity contribution is 0.0478. The number of methoxy groups -OCH3 is 2. The van der Waals surface area contributed by atoms with E-state index in [-0.39, 0.29) is 17.7 Å². The summed E-state index contributed by atoms with van der Waals surface area (Å²) in [7, 11) is 3.14. The normalized spacial score (nSPS) is 15.6. The standard InChI is InChI=1S/C22H32N4O5/c1-22(2,3)31-21(28)24-15-6-8-25(9-7-15)10-11-26-17-13-19(30-5)18(29-4)12-16(17)23-14-20(26)27/h12-15H,6-11H2,1-5H3,(H,24,28). The lowest BCUT2D eigenvalue weighted by atomic mass is 10.1. The maximum atomic E-state index is 12.5. The van der Waals surface area contributed by atoms with Gasteiger partial charge in [0.15, 0.2) is 11.5 Å². The zero-order valence-electron chi connectivity index (χ0n) is 18.9. The van der Waals surface area contributed by atoms with E-state index < -0.39 is 5.60 Å². The van der Waals surface area contributed by atoms with Gasteiger partial charge < -0.3 is 29.0 Å². The molecule has 0 bridgehead atoms. The topological polar surface area (TPSA) is 94.9 Å². The molecule has 9 nitrogen and oxygen atoms in total. The van der Waals surface area contributed by atoms with E-state index in [2.05, 4.69) is 15.2 Å². The van der Waals surface area contributed by atoms with Gasteiger partial charge in [0.1, 0.15) is 5.60 Å². The van der Waals surface area contributed by atoms with E-state index in [0.29, 0.717) is 29.1 Å². The van der Waals surface area contributed by atoms with Crippen molar-refractivity contribution in [2.45, 2.75) is 51.8 Å². The highest BCUT2D eigenvalue weighted by Crippen LogP contribution is 2.30. The fourth-order valence-electron chi connectivity index (χ4n) is 3.74. The Labute approximate surface area is 182 Å². The highest BCUT2D eigenvalue weighted by molar-refractivity contribution is 5.79. The second-order valence-electron chi connectivity index (χ2n) is 8.71. The van der Waals surface area contributed by atoms with Gasteiger partial charge in [-0.2, -0.15) is 0 Å². The quantitative estimate of drug-likeness (QED) is 0.749. The molecule has 1 amide bonds. The molecule has 170 valence electrons. The van der Waals surface area contributed by atoms with Gasteiger partial charge in [0.2, 0.25) is 0 Å². The number of alkyl carbamates (subject to hydrolysis) is 1. The van der Waals surface area contributed by atoms with Gasteiger partial charge in [-0.1, -0.05) is 0 Å². The summed E-state index contributed by atoms with van der Waals surface area (Å²) in [5.74, 6) is 1.14. The molecular weight excluding hydrogens is 400 g/mol. The number of carbonyl (C=O) groups excluding carboxylic acids is 1. The van der Waals surface area contributed by atoms with E-state index >= 15 is 0 Å². The van der Waals surface area contributed by atoms with Crippen LogP contribution in [0.2, 0.25) is 0 Å². The highest BCUT2D eigenvalue weighted by atomic mass is 16.6. The number of aromatic nitrogens is 2. The zero-order valence-corrected chi connectivity index (χ0v) is 18.9. The number of hydrogen-bond donors (Lipinski definition) is 1. The summed E-state index contributed by atoms with van der Waals surface area (Å²) in [5.41, 5.74) is 0.739. The molecule has 3 rings (SSSR count). The monoisotopic (exact) mass is 432 g/mol. The average Bonchev–Trinajstić information content (AvgIpc) is 2.71. The number of piperidine rings is 1. The number of ether oxygens (including phenoxy) is 3. The molecule has 1 aromatic heterocycles. The van der Waals surface area contributed by atoms with Crippen molar-refractivity contribution in [1.82, 2.24) is 19.8 Å². The summed E-state index contributed by atoms with van der Waals surface area (Å²) in [5, 5.41) is 2.95. The van der Waals surface area contributed by atoms with Gasteiger partial charge >= 0.3 is 6.09 Å². The number of fused-ring (bicyclic) bond motifs is 1. The fourth-order valence-corrected chi connectivity index (χ4v) is 3.74. The first-order valence-electron chi connectivity index (χ1n) is 10.5. The fraction of sp³-hybridized carbons (Fsp3) is 0.591. The molecule has 0 saturated carbocycles. The van der Waals surface area contributed by atoms with Crippen LogP contribution in [0.15, 0.2) is 23.1 Å². The number of carbonyl (C=O) groups is 1. The van der Waals surface area contributed by atoms with Crippen molar-refractivity contribution in [1.29, 1.82) is 0 Å². The SMILES string of the molecule is COc1cc2ncc(=O)n(CCN3CCC(NC(=O)OC(C)(C)C)CC3)c2cc1OC.